The van der Waals surface area contributed by atoms with Gasteiger partial charge in [-0.1, -0.05) is 29.8 Å². The largest absolute Gasteiger partial charge is 0.318 e. The second-order valence-corrected chi connectivity index (χ2v) is 7.92. The van der Waals surface area contributed by atoms with Crippen LogP contribution in [0.5, 0.6) is 0 Å². The summed E-state index contributed by atoms with van der Waals surface area (Å²) in [5.74, 6) is -0.129. The molecule has 0 unspecified atom stereocenters. The number of hydrogen-bond acceptors (Lipinski definition) is 3. The summed E-state index contributed by atoms with van der Waals surface area (Å²) < 4.78 is 2.15. The van der Waals surface area contributed by atoms with Gasteiger partial charge in [-0.3, -0.25) is 4.79 Å². The Morgan fingerprint density at radius 2 is 1.79 bits per heavy atom. The standard InChI is InChI=1S/C22H18ClN3OS/c1-14-12-16(15(2)26(14)19-10-8-17(23)9-11-19)13-20-21(27)25-22(28-20)24-18-6-4-3-5-7-18/h3-13H,1-2H3,(H,24,25,27)/b20-13-. The molecule has 2 aromatic carbocycles. The van der Waals surface area contributed by atoms with Crippen molar-refractivity contribution in [3.8, 4) is 5.69 Å². The van der Waals surface area contributed by atoms with E-state index in [1.807, 2.05) is 74.5 Å². The molecule has 1 aliphatic heterocycles. The van der Waals surface area contributed by atoms with E-state index in [9.17, 15) is 4.79 Å². The second-order valence-electron chi connectivity index (χ2n) is 6.46. The monoisotopic (exact) mass is 407 g/mol. The fraction of sp³-hybridized carbons (Fsp3) is 0.0909. The van der Waals surface area contributed by atoms with Crippen LogP contribution in [-0.2, 0) is 4.79 Å². The maximum atomic E-state index is 12.4. The number of rotatable bonds is 3. The summed E-state index contributed by atoms with van der Waals surface area (Å²) >= 11 is 7.36. The molecule has 0 bridgehead atoms. The van der Waals surface area contributed by atoms with Crippen LogP contribution in [0.2, 0.25) is 5.02 Å². The van der Waals surface area contributed by atoms with Gasteiger partial charge in [0, 0.05) is 22.1 Å². The number of carbonyl (C=O) groups is 1. The molecule has 1 amide bonds. The molecule has 1 aliphatic rings. The Kier molecular flexibility index (Phi) is 5.11. The van der Waals surface area contributed by atoms with E-state index in [1.54, 1.807) is 0 Å². The molecule has 0 saturated carbocycles. The number of carbonyl (C=O) groups excluding carboxylic acids is 1. The van der Waals surface area contributed by atoms with Crippen LogP contribution in [0.15, 0.2) is 70.6 Å². The second kappa shape index (κ2) is 7.70. The average Bonchev–Trinajstić information content (AvgIpc) is 3.16. The molecule has 1 N–H and O–H groups in total. The summed E-state index contributed by atoms with van der Waals surface area (Å²) in [5, 5.41) is 4.13. The van der Waals surface area contributed by atoms with Crippen molar-refractivity contribution in [1.82, 2.24) is 9.88 Å². The van der Waals surface area contributed by atoms with Crippen LogP contribution in [0.25, 0.3) is 11.8 Å². The van der Waals surface area contributed by atoms with Crippen LogP contribution < -0.4 is 5.32 Å². The Balaban J connectivity index is 1.64. The minimum atomic E-state index is -0.129. The minimum absolute atomic E-state index is 0.129. The normalized spacial score (nSPS) is 16.8. The Bertz CT molecular complexity index is 1100. The topological polar surface area (TPSA) is 46.4 Å². The number of amidine groups is 1. The number of aliphatic imine (C=N–C) groups is 1. The molecule has 4 nitrogen and oxygen atoms in total. The molecule has 4 rings (SSSR count). The Labute approximate surface area is 172 Å². The molecule has 140 valence electrons. The number of para-hydroxylation sites is 1. The highest BCUT2D eigenvalue weighted by molar-refractivity contribution is 8.18. The molecule has 1 aromatic heterocycles. The van der Waals surface area contributed by atoms with E-state index in [0.29, 0.717) is 15.1 Å². The molecule has 3 aromatic rings. The van der Waals surface area contributed by atoms with E-state index in [2.05, 4.69) is 20.9 Å². The Hall–Kier alpha value is -2.76. The first-order valence-corrected chi connectivity index (χ1v) is 10.0. The maximum absolute atomic E-state index is 12.4. The number of aryl methyl sites for hydroxylation is 1. The molecule has 0 radical (unpaired) electrons. The van der Waals surface area contributed by atoms with Gasteiger partial charge in [-0.15, -0.1) is 0 Å². The molecule has 6 heteroatoms. The van der Waals surface area contributed by atoms with E-state index >= 15 is 0 Å². The van der Waals surface area contributed by atoms with Crippen LogP contribution in [0.3, 0.4) is 0 Å². The summed E-state index contributed by atoms with van der Waals surface area (Å²) in [6.07, 6.45) is 1.92. The van der Waals surface area contributed by atoms with E-state index in [4.69, 9.17) is 11.6 Å². The zero-order chi connectivity index (χ0) is 19.7. The highest BCUT2D eigenvalue weighted by Crippen LogP contribution is 2.30. The van der Waals surface area contributed by atoms with Gasteiger partial charge in [-0.05, 0) is 79.7 Å². The highest BCUT2D eigenvalue weighted by atomic mass is 35.5. The molecule has 0 aliphatic carbocycles. The smallest absolute Gasteiger partial charge is 0.264 e. The van der Waals surface area contributed by atoms with Crippen LogP contribution in [0.4, 0.5) is 5.69 Å². The summed E-state index contributed by atoms with van der Waals surface area (Å²) in [5.41, 5.74) is 5.01. The van der Waals surface area contributed by atoms with Gasteiger partial charge < -0.3 is 9.88 Å². The molecule has 0 spiro atoms. The van der Waals surface area contributed by atoms with Crippen molar-refractivity contribution in [1.29, 1.82) is 0 Å². The number of thioether (sulfide) groups is 1. The van der Waals surface area contributed by atoms with Gasteiger partial charge in [0.2, 0.25) is 0 Å². The van der Waals surface area contributed by atoms with E-state index < -0.39 is 0 Å². The average molecular weight is 408 g/mol. The van der Waals surface area contributed by atoms with E-state index in [1.165, 1.54) is 11.8 Å². The summed E-state index contributed by atoms with van der Waals surface area (Å²) in [7, 11) is 0. The Morgan fingerprint density at radius 3 is 2.50 bits per heavy atom. The lowest BCUT2D eigenvalue weighted by Crippen LogP contribution is -2.19. The molecule has 1 fully saturated rings. The third-order valence-corrected chi connectivity index (χ3v) is 5.64. The van der Waals surface area contributed by atoms with Crippen molar-refractivity contribution in [2.75, 3.05) is 0 Å². The van der Waals surface area contributed by atoms with Crippen molar-refractivity contribution in [3.63, 3.8) is 0 Å². The number of halogens is 1. The minimum Gasteiger partial charge on any atom is -0.318 e. The lowest BCUT2D eigenvalue weighted by molar-refractivity contribution is -0.115. The van der Waals surface area contributed by atoms with Crippen molar-refractivity contribution in [2.24, 2.45) is 4.99 Å². The van der Waals surface area contributed by atoms with Crippen LogP contribution in [-0.4, -0.2) is 15.6 Å². The third kappa shape index (κ3) is 3.77. The van der Waals surface area contributed by atoms with E-state index in [-0.39, 0.29) is 5.91 Å². The van der Waals surface area contributed by atoms with Gasteiger partial charge in [0.15, 0.2) is 5.17 Å². The predicted molar refractivity (Wildman–Crippen MR) is 118 cm³/mol. The SMILES string of the molecule is Cc1cc(/C=C2\SC(=Nc3ccccc3)NC2=O)c(C)n1-c1ccc(Cl)cc1. The molecule has 28 heavy (non-hydrogen) atoms. The van der Waals surface area contributed by atoms with Crippen LogP contribution in [0, 0.1) is 13.8 Å². The summed E-state index contributed by atoms with van der Waals surface area (Å²) in [6, 6.07) is 19.4. The molecule has 2 heterocycles. The van der Waals surface area contributed by atoms with Crippen molar-refractivity contribution in [3.05, 3.63) is 87.5 Å². The zero-order valence-electron chi connectivity index (χ0n) is 15.4. The first-order valence-electron chi connectivity index (χ1n) is 8.81. The van der Waals surface area contributed by atoms with Crippen molar-refractivity contribution >= 4 is 46.2 Å². The van der Waals surface area contributed by atoms with Gasteiger partial charge in [0.25, 0.3) is 5.91 Å². The first-order chi connectivity index (χ1) is 13.5. The predicted octanol–water partition coefficient (Wildman–Crippen LogP) is 5.64. The highest BCUT2D eigenvalue weighted by Gasteiger charge is 2.24. The van der Waals surface area contributed by atoms with Gasteiger partial charge >= 0.3 is 0 Å². The number of nitrogens with zero attached hydrogens (tertiary/aromatic N) is 2. The van der Waals surface area contributed by atoms with E-state index in [0.717, 1.165) is 28.3 Å². The summed E-state index contributed by atoms with van der Waals surface area (Å²) in [4.78, 5) is 17.5. The van der Waals surface area contributed by atoms with Crippen molar-refractivity contribution in [2.45, 2.75) is 13.8 Å². The number of nitrogens with one attached hydrogen (secondary N) is 1. The fourth-order valence-electron chi connectivity index (χ4n) is 3.16. The number of aromatic nitrogens is 1. The van der Waals surface area contributed by atoms with Crippen molar-refractivity contribution < 1.29 is 4.79 Å². The van der Waals surface area contributed by atoms with Gasteiger partial charge in [0.05, 0.1) is 10.6 Å². The molecule has 0 atom stereocenters. The number of benzene rings is 2. The van der Waals surface area contributed by atoms with Crippen LogP contribution in [0.1, 0.15) is 17.0 Å². The van der Waals surface area contributed by atoms with Gasteiger partial charge in [0.1, 0.15) is 0 Å². The first kappa shape index (κ1) is 18.6. The fourth-order valence-corrected chi connectivity index (χ4v) is 4.12. The zero-order valence-corrected chi connectivity index (χ0v) is 17.0. The lowest BCUT2D eigenvalue weighted by Gasteiger charge is -2.09. The van der Waals surface area contributed by atoms with Gasteiger partial charge in [-0.2, -0.15) is 0 Å². The van der Waals surface area contributed by atoms with Gasteiger partial charge in [-0.25, -0.2) is 4.99 Å². The number of amides is 1. The lowest BCUT2D eigenvalue weighted by atomic mass is 10.2. The quantitative estimate of drug-likeness (QED) is 0.571. The Morgan fingerprint density at radius 1 is 1.07 bits per heavy atom. The number of hydrogen-bond donors (Lipinski definition) is 1. The summed E-state index contributed by atoms with van der Waals surface area (Å²) in [6.45, 7) is 4.10. The van der Waals surface area contributed by atoms with Crippen LogP contribution >= 0.6 is 23.4 Å². The molecular formula is C22H18ClN3OS. The third-order valence-electron chi connectivity index (χ3n) is 4.48. The maximum Gasteiger partial charge on any atom is 0.264 e. The molecule has 1 saturated heterocycles. The molecular weight excluding hydrogens is 390 g/mol.